The molecule has 2 nitrogen and oxygen atoms in total. The minimum Gasteiger partial charge on any atom is -0.485 e. The van der Waals surface area contributed by atoms with Gasteiger partial charge >= 0.3 is 0 Å². The number of benzene rings is 2. The number of ether oxygens (including phenoxy) is 1. The van der Waals surface area contributed by atoms with Crippen LogP contribution in [0.25, 0.3) is 0 Å². The number of hydrogen-bond acceptors (Lipinski definition) is 2. The van der Waals surface area contributed by atoms with Crippen LogP contribution in [0.2, 0.25) is 0 Å². The highest BCUT2D eigenvalue weighted by molar-refractivity contribution is 9.10. The van der Waals surface area contributed by atoms with E-state index < -0.39 is 0 Å². The fraction of sp³-hybridized carbons (Fsp3) is 0.294. The summed E-state index contributed by atoms with van der Waals surface area (Å²) in [7, 11) is 0. The lowest BCUT2D eigenvalue weighted by atomic mass is 9.93. The molecule has 2 unspecified atom stereocenters. The monoisotopic (exact) mass is 409 g/mol. The normalized spacial score (nSPS) is 20.7. The fourth-order valence-electron chi connectivity index (χ4n) is 2.79. The first-order chi connectivity index (χ1) is 10.2. The Labute approximate surface area is 142 Å². The minimum atomic E-state index is 0.0772. The van der Waals surface area contributed by atoms with E-state index in [-0.39, 0.29) is 6.10 Å². The number of halogens is 2. The molecule has 1 N–H and O–H groups in total. The van der Waals surface area contributed by atoms with Gasteiger partial charge in [0.1, 0.15) is 11.9 Å². The van der Waals surface area contributed by atoms with Gasteiger partial charge in [-0.1, -0.05) is 57.0 Å². The van der Waals surface area contributed by atoms with Gasteiger partial charge < -0.3 is 10.1 Å². The van der Waals surface area contributed by atoms with Gasteiger partial charge in [0.15, 0.2) is 0 Å². The molecule has 4 heteroatoms. The summed E-state index contributed by atoms with van der Waals surface area (Å²) in [5, 5.41) is 3.57. The number of nitrogens with one attached hydrogen (secondary N) is 1. The molecule has 3 rings (SSSR count). The maximum atomic E-state index is 6.24. The predicted molar refractivity (Wildman–Crippen MR) is 92.7 cm³/mol. The zero-order chi connectivity index (χ0) is 14.8. The van der Waals surface area contributed by atoms with Gasteiger partial charge in [-0.05, 0) is 36.4 Å². The first-order valence-corrected chi connectivity index (χ1v) is 8.71. The van der Waals surface area contributed by atoms with E-state index in [1.807, 2.05) is 6.07 Å². The molecule has 21 heavy (non-hydrogen) atoms. The highest BCUT2D eigenvalue weighted by atomic mass is 79.9. The van der Waals surface area contributed by atoms with Crippen molar-refractivity contribution in [3.05, 3.63) is 62.5 Å². The first kappa shape index (κ1) is 15.1. The summed E-state index contributed by atoms with van der Waals surface area (Å²) in [6, 6.07) is 15.0. The molecular weight excluding hydrogens is 394 g/mol. The van der Waals surface area contributed by atoms with E-state index >= 15 is 0 Å². The summed E-state index contributed by atoms with van der Waals surface area (Å²) in [6.07, 6.45) is 1.02. The van der Waals surface area contributed by atoms with Crippen molar-refractivity contribution < 1.29 is 4.74 Å². The molecule has 0 amide bonds. The van der Waals surface area contributed by atoms with Crippen LogP contribution in [-0.2, 0) is 0 Å². The van der Waals surface area contributed by atoms with Crippen LogP contribution in [0, 0.1) is 0 Å². The molecule has 0 bridgehead atoms. The lowest BCUT2D eigenvalue weighted by Crippen LogP contribution is -2.29. The van der Waals surface area contributed by atoms with Crippen molar-refractivity contribution >= 4 is 31.9 Å². The van der Waals surface area contributed by atoms with E-state index in [0.29, 0.717) is 6.04 Å². The topological polar surface area (TPSA) is 21.3 Å². The van der Waals surface area contributed by atoms with Crippen molar-refractivity contribution in [2.45, 2.75) is 25.5 Å². The van der Waals surface area contributed by atoms with E-state index in [0.717, 1.165) is 27.7 Å². The Morgan fingerprint density at radius 1 is 1.14 bits per heavy atom. The van der Waals surface area contributed by atoms with E-state index in [1.165, 1.54) is 11.1 Å². The summed E-state index contributed by atoms with van der Waals surface area (Å²) in [5.41, 5.74) is 2.45. The van der Waals surface area contributed by atoms with Crippen molar-refractivity contribution in [3.8, 4) is 5.75 Å². The van der Waals surface area contributed by atoms with Crippen LogP contribution in [0.4, 0.5) is 0 Å². The smallest absolute Gasteiger partial charge is 0.126 e. The molecule has 0 aliphatic carbocycles. The molecule has 2 atom stereocenters. The number of hydrogen-bond donors (Lipinski definition) is 1. The molecular formula is C17H17Br2NO. The minimum absolute atomic E-state index is 0.0772. The summed E-state index contributed by atoms with van der Waals surface area (Å²) in [4.78, 5) is 0. The Bertz CT molecular complexity index is 644. The van der Waals surface area contributed by atoms with Gasteiger partial charge in [0.05, 0.1) is 0 Å². The lowest BCUT2D eigenvalue weighted by molar-refractivity contribution is 0.152. The molecule has 0 fully saturated rings. The van der Waals surface area contributed by atoms with Gasteiger partial charge in [0.2, 0.25) is 0 Å². The SMILES string of the molecule is CCNC1CC(c2cccc(Br)c2)Oc2cc(Br)ccc21. The zero-order valence-corrected chi connectivity index (χ0v) is 14.9. The average molecular weight is 411 g/mol. The molecule has 0 saturated heterocycles. The van der Waals surface area contributed by atoms with Gasteiger partial charge in [-0.3, -0.25) is 0 Å². The van der Waals surface area contributed by atoms with Crippen LogP contribution in [-0.4, -0.2) is 6.54 Å². The summed E-state index contributed by atoms with van der Waals surface area (Å²) >= 11 is 7.07. The van der Waals surface area contributed by atoms with Crippen LogP contribution < -0.4 is 10.1 Å². The molecule has 1 aliphatic heterocycles. The van der Waals surface area contributed by atoms with Crippen molar-refractivity contribution in [2.75, 3.05) is 6.54 Å². The Kier molecular flexibility index (Phi) is 4.67. The molecule has 1 heterocycles. The van der Waals surface area contributed by atoms with E-state index in [1.54, 1.807) is 0 Å². The second-order valence-electron chi connectivity index (χ2n) is 5.19. The second kappa shape index (κ2) is 6.51. The van der Waals surface area contributed by atoms with Gasteiger partial charge in [-0.25, -0.2) is 0 Å². The Hall–Kier alpha value is -0.840. The van der Waals surface area contributed by atoms with Gasteiger partial charge in [-0.2, -0.15) is 0 Å². The zero-order valence-electron chi connectivity index (χ0n) is 11.8. The quantitative estimate of drug-likeness (QED) is 0.732. The van der Waals surface area contributed by atoms with Crippen LogP contribution in [0.1, 0.15) is 36.6 Å². The van der Waals surface area contributed by atoms with E-state index in [9.17, 15) is 0 Å². The van der Waals surface area contributed by atoms with Crippen molar-refractivity contribution in [1.82, 2.24) is 5.32 Å². The Morgan fingerprint density at radius 2 is 1.95 bits per heavy atom. The molecule has 0 radical (unpaired) electrons. The first-order valence-electron chi connectivity index (χ1n) is 7.12. The summed E-state index contributed by atoms with van der Waals surface area (Å²) in [5.74, 6) is 0.964. The summed E-state index contributed by atoms with van der Waals surface area (Å²) < 4.78 is 8.37. The Morgan fingerprint density at radius 3 is 2.71 bits per heavy atom. The molecule has 0 spiro atoms. The van der Waals surface area contributed by atoms with Crippen LogP contribution in [0.15, 0.2) is 51.4 Å². The molecule has 2 aromatic carbocycles. The third-order valence-corrected chi connectivity index (χ3v) is 4.73. The number of fused-ring (bicyclic) bond motifs is 1. The van der Waals surface area contributed by atoms with Crippen molar-refractivity contribution in [1.29, 1.82) is 0 Å². The van der Waals surface area contributed by atoms with Gasteiger partial charge in [0.25, 0.3) is 0 Å². The van der Waals surface area contributed by atoms with Gasteiger partial charge in [-0.15, -0.1) is 0 Å². The van der Waals surface area contributed by atoms with Crippen LogP contribution >= 0.6 is 31.9 Å². The average Bonchev–Trinajstić information content (AvgIpc) is 2.47. The second-order valence-corrected chi connectivity index (χ2v) is 7.02. The maximum absolute atomic E-state index is 6.24. The largest absolute Gasteiger partial charge is 0.485 e. The summed E-state index contributed by atoms with van der Waals surface area (Å²) in [6.45, 7) is 3.09. The van der Waals surface area contributed by atoms with Crippen molar-refractivity contribution in [3.63, 3.8) is 0 Å². The van der Waals surface area contributed by atoms with Gasteiger partial charge in [0, 0.05) is 27.0 Å². The predicted octanol–water partition coefficient (Wildman–Crippen LogP) is 5.39. The highest BCUT2D eigenvalue weighted by Crippen LogP contribution is 2.42. The molecule has 1 aliphatic rings. The molecule has 2 aromatic rings. The van der Waals surface area contributed by atoms with Crippen LogP contribution in [0.5, 0.6) is 5.75 Å². The van der Waals surface area contributed by atoms with E-state index in [4.69, 9.17) is 4.74 Å². The molecule has 110 valence electrons. The van der Waals surface area contributed by atoms with Crippen LogP contribution in [0.3, 0.4) is 0 Å². The highest BCUT2D eigenvalue weighted by Gasteiger charge is 2.29. The molecule has 0 saturated carbocycles. The Balaban J connectivity index is 1.96. The third kappa shape index (κ3) is 3.33. The molecule has 0 aromatic heterocycles. The standard InChI is InChI=1S/C17H17Br2NO/c1-2-20-15-10-16(11-4-3-5-12(18)8-11)21-17-9-13(19)6-7-14(15)17/h3-9,15-16,20H,2,10H2,1H3. The third-order valence-electron chi connectivity index (χ3n) is 3.74. The van der Waals surface area contributed by atoms with Crippen molar-refractivity contribution in [2.24, 2.45) is 0 Å². The van der Waals surface area contributed by atoms with E-state index in [2.05, 4.69) is 80.5 Å². The maximum Gasteiger partial charge on any atom is 0.126 e. The lowest BCUT2D eigenvalue weighted by Gasteiger charge is -2.33. The fourth-order valence-corrected chi connectivity index (χ4v) is 3.55. The number of rotatable bonds is 3.